The van der Waals surface area contributed by atoms with E-state index >= 15 is 0 Å². The van der Waals surface area contributed by atoms with Crippen molar-refractivity contribution in [2.45, 2.75) is 44.9 Å². The van der Waals surface area contributed by atoms with E-state index in [1.54, 1.807) is 6.08 Å². The van der Waals surface area contributed by atoms with Crippen LogP contribution in [0.25, 0.3) is 0 Å². The van der Waals surface area contributed by atoms with Crippen molar-refractivity contribution >= 4 is 0 Å². The first-order valence-electron chi connectivity index (χ1n) is 4.97. The molecule has 2 aliphatic rings. The van der Waals surface area contributed by atoms with Gasteiger partial charge < -0.3 is 0 Å². The first kappa shape index (κ1) is 7.86. The zero-order chi connectivity index (χ0) is 8.44. The van der Waals surface area contributed by atoms with Crippen molar-refractivity contribution in [3.63, 3.8) is 0 Å². The molecule has 0 atom stereocenters. The molecular formula is C11H15N. The number of nitriles is 1. The Morgan fingerprint density at radius 2 is 1.92 bits per heavy atom. The lowest BCUT2D eigenvalue weighted by Crippen LogP contribution is -2.34. The lowest BCUT2D eigenvalue weighted by atomic mass is 9.57. The van der Waals surface area contributed by atoms with Gasteiger partial charge in [0.05, 0.1) is 6.07 Å². The third-order valence-corrected chi connectivity index (χ3v) is 3.60. The summed E-state index contributed by atoms with van der Waals surface area (Å²) in [7, 11) is 0. The van der Waals surface area contributed by atoms with Crippen LogP contribution >= 0.6 is 0 Å². The van der Waals surface area contributed by atoms with Crippen LogP contribution in [0.4, 0.5) is 0 Å². The lowest BCUT2D eigenvalue weighted by Gasteiger charge is -2.47. The van der Waals surface area contributed by atoms with E-state index in [1.807, 2.05) is 0 Å². The van der Waals surface area contributed by atoms with E-state index in [0.29, 0.717) is 5.41 Å². The van der Waals surface area contributed by atoms with Crippen LogP contribution in [0.5, 0.6) is 0 Å². The molecule has 0 heterocycles. The van der Waals surface area contributed by atoms with Crippen molar-refractivity contribution in [3.05, 3.63) is 11.6 Å². The van der Waals surface area contributed by atoms with Gasteiger partial charge in [0, 0.05) is 6.08 Å². The molecule has 0 aromatic heterocycles. The Morgan fingerprint density at radius 1 is 1.17 bits per heavy atom. The van der Waals surface area contributed by atoms with Gasteiger partial charge in [-0.15, -0.1) is 0 Å². The fraction of sp³-hybridized carbons (Fsp3) is 0.727. The van der Waals surface area contributed by atoms with Crippen LogP contribution < -0.4 is 0 Å². The number of allylic oxidation sites excluding steroid dienone is 2. The first-order chi connectivity index (χ1) is 5.87. The van der Waals surface area contributed by atoms with Gasteiger partial charge in [-0.3, -0.25) is 0 Å². The van der Waals surface area contributed by atoms with Crippen LogP contribution in [-0.4, -0.2) is 0 Å². The number of rotatable bonds is 0. The molecule has 2 fully saturated rings. The summed E-state index contributed by atoms with van der Waals surface area (Å²) in [6.45, 7) is 0. The largest absolute Gasteiger partial charge is 0.193 e. The topological polar surface area (TPSA) is 23.8 Å². The Morgan fingerprint density at radius 3 is 2.42 bits per heavy atom. The Kier molecular flexibility index (Phi) is 1.92. The van der Waals surface area contributed by atoms with E-state index in [1.165, 1.54) is 50.5 Å². The fourth-order valence-electron chi connectivity index (χ4n) is 2.73. The Labute approximate surface area is 74.1 Å². The first-order valence-corrected chi connectivity index (χ1v) is 4.97. The number of hydrogen-bond donors (Lipinski definition) is 0. The molecule has 0 saturated heterocycles. The summed E-state index contributed by atoms with van der Waals surface area (Å²) in [6.07, 6.45) is 11.2. The fourth-order valence-corrected chi connectivity index (χ4v) is 2.73. The second-order valence-electron chi connectivity index (χ2n) is 4.14. The highest BCUT2D eigenvalue weighted by Crippen LogP contribution is 2.55. The minimum Gasteiger partial charge on any atom is -0.193 e. The smallest absolute Gasteiger partial charge is 0.0911 e. The summed E-state index contributed by atoms with van der Waals surface area (Å²) < 4.78 is 0. The van der Waals surface area contributed by atoms with Gasteiger partial charge in [0.2, 0.25) is 0 Å². The molecule has 0 unspecified atom stereocenters. The third-order valence-electron chi connectivity index (χ3n) is 3.60. The van der Waals surface area contributed by atoms with Crippen LogP contribution in [0.1, 0.15) is 44.9 Å². The minimum absolute atomic E-state index is 0.508. The van der Waals surface area contributed by atoms with Gasteiger partial charge in [-0.1, -0.05) is 24.8 Å². The molecule has 0 aliphatic heterocycles. The van der Waals surface area contributed by atoms with Crippen molar-refractivity contribution in [3.8, 4) is 6.07 Å². The summed E-state index contributed by atoms with van der Waals surface area (Å²) in [5.41, 5.74) is 1.96. The second-order valence-corrected chi connectivity index (χ2v) is 4.14. The molecule has 2 rings (SSSR count). The molecule has 0 amide bonds. The number of nitrogens with zero attached hydrogens (tertiary/aromatic N) is 1. The highest BCUT2D eigenvalue weighted by Gasteiger charge is 2.41. The monoisotopic (exact) mass is 161 g/mol. The summed E-state index contributed by atoms with van der Waals surface area (Å²) in [5, 5.41) is 8.59. The molecule has 1 heteroatoms. The van der Waals surface area contributed by atoms with Gasteiger partial charge >= 0.3 is 0 Å². The van der Waals surface area contributed by atoms with Crippen LogP contribution in [0.15, 0.2) is 11.6 Å². The van der Waals surface area contributed by atoms with E-state index in [4.69, 9.17) is 5.26 Å². The van der Waals surface area contributed by atoms with Gasteiger partial charge in [0.15, 0.2) is 0 Å². The molecule has 2 saturated carbocycles. The maximum atomic E-state index is 8.59. The van der Waals surface area contributed by atoms with E-state index in [9.17, 15) is 0 Å². The minimum atomic E-state index is 0.508. The Hall–Kier alpha value is -0.770. The second kappa shape index (κ2) is 2.94. The van der Waals surface area contributed by atoms with E-state index in [2.05, 4.69) is 6.07 Å². The average Bonchev–Trinajstić information content (AvgIpc) is 2.14. The molecule has 0 bridgehead atoms. The standard InChI is InChI=1S/C11H15N/c12-9-5-10-4-8-11(10)6-2-1-3-7-11/h5H,1-4,6-8H2/b10-5-. The lowest BCUT2D eigenvalue weighted by molar-refractivity contribution is 0.160. The molecular weight excluding hydrogens is 146 g/mol. The summed E-state index contributed by atoms with van der Waals surface area (Å²) in [5.74, 6) is 0. The van der Waals surface area contributed by atoms with Crippen LogP contribution in [0.2, 0.25) is 0 Å². The predicted octanol–water partition coefficient (Wildman–Crippen LogP) is 3.18. The van der Waals surface area contributed by atoms with Crippen LogP contribution in [0.3, 0.4) is 0 Å². The van der Waals surface area contributed by atoms with Crippen LogP contribution in [0, 0.1) is 16.7 Å². The maximum Gasteiger partial charge on any atom is 0.0911 e. The molecule has 0 radical (unpaired) electrons. The average molecular weight is 161 g/mol. The molecule has 1 nitrogen and oxygen atoms in total. The molecule has 2 aliphatic carbocycles. The quantitative estimate of drug-likeness (QED) is 0.500. The van der Waals surface area contributed by atoms with Crippen molar-refractivity contribution in [1.29, 1.82) is 5.26 Å². The normalized spacial score (nSPS) is 29.8. The molecule has 0 N–H and O–H groups in total. The summed E-state index contributed by atoms with van der Waals surface area (Å²) in [4.78, 5) is 0. The van der Waals surface area contributed by atoms with Gasteiger partial charge in [0.1, 0.15) is 0 Å². The van der Waals surface area contributed by atoms with Gasteiger partial charge in [-0.25, -0.2) is 0 Å². The zero-order valence-electron chi connectivity index (χ0n) is 7.47. The molecule has 0 aromatic carbocycles. The Balaban J connectivity index is 2.11. The van der Waals surface area contributed by atoms with Gasteiger partial charge in [0.25, 0.3) is 0 Å². The molecule has 12 heavy (non-hydrogen) atoms. The van der Waals surface area contributed by atoms with Gasteiger partial charge in [-0.05, 0) is 31.1 Å². The van der Waals surface area contributed by atoms with Crippen LogP contribution in [-0.2, 0) is 0 Å². The SMILES string of the molecule is N#C/C=C1/CCC12CCCCC2. The highest BCUT2D eigenvalue weighted by molar-refractivity contribution is 5.28. The third kappa shape index (κ3) is 1.06. The van der Waals surface area contributed by atoms with Crippen molar-refractivity contribution in [2.24, 2.45) is 5.41 Å². The predicted molar refractivity (Wildman–Crippen MR) is 48.4 cm³/mol. The molecule has 64 valence electrons. The van der Waals surface area contributed by atoms with Crippen molar-refractivity contribution in [1.82, 2.24) is 0 Å². The highest BCUT2D eigenvalue weighted by atomic mass is 14.5. The summed E-state index contributed by atoms with van der Waals surface area (Å²) in [6, 6.07) is 2.18. The van der Waals surface area contributed by atoms with E-state index in [-0.39, 0.29) is 0 Å². The van der Waals surface area contributed by atoms with Crippen molar-refractivity contribution in [2.75, 3.05) is 0 Å². The summed E-state index contributed by atoms with van der Waals surface area (Å²) >= 11 is 0. The molecule has 0 aromatic rings. The van der Waals surface area contributed by atoms with Gasteiger partial charge in [-0.2, -0.15) is 5.26 Å². The van der Waals surface area contributed by atoms with E-state index < -0.39 is 0 Å². The maximum absolute atomic E-state index is 8.59. The number of hydrogen-bond acceptors (Lipinski definition) is 1. The van der Waals surface area contributed by atoms with E-state index in [0.717, 1.165) is 0 Å². The molecule has 1 spiro atoms. The van der Waals surface area contributed by atoms with Crippen molar-refractivity contribution < 1.29 is 0 Å². The zero-order valence-corrected chi connectivity index (χ0v) is 7.47. The Bertz CT molecular complexity index is 238.